The van der Waals surface area contributed by atoms with E-state index in [1.807, 2.05) is 25.6 Å². The lowest BCUT2D eigenvalue weighted by Gasteiger charge is -2.43. The molecule has 2 heterocycles. The molecule has 2 saturated heterocycles. The number of hydrogen-bond donors (Lipinski definition) is 2. The third-order valence-corrected chi connectivity index (χ3v) is 6.52. The van der Waals surface area contributed by atoms with Gasteiger partial charge in [-0.1, -0.05) is 13.8 Å². The topological polar surface area (TPSA) is 70.7 Å². The quantitative estimate of drug-likeness (QED) is 0.778. The van der Waals surface area contributed by atoms with E-state index in [1.54, 1.807) is 24.3 Å². The second kappa shape index (κ2) is 9.08. The van der Waals surface area contributed by atoms with Crippen LogP contribution in [0.15, 0.2) is 24.3 Å². The Bertz CT molecular complexity index is 651. The Labute approximate surface area is 165 Å². The van der Waals surface area contributed by atoms with Crippen molar-refractivity contribution in [1.82, 2.24) is 10.2 Å². The van der Waals surface area contributed by atoms with Gasteiger partial charge in [-0.05, 0) is 36.4 Å². The molecule has 1 unspecified atom stereocenters. The van der Waals surface area contributed by atoms with Gasteiger partial charge in [0.1, 0.15) is 0 Å². The van der Waals surface area contributed by atoms with Crippen LogP contribution in [-0.2, 0) is 9.53 Å². The molecule has 1 aromatic carbocycles. The predicted molar refractivity (Wildman–Crippen MR) is 109 cm³/mol. The first-order valence-electron chi connectivity index (χ1n) is 9.60. The largest absolute Gasteiger partial charge is 0.379 e. The Kier molecular flexibility index (Phi) is 6.78. The Balaban J connectivity index is 1.58. The van der Waals surface area contributed by atoms with Gasteiger partial charge in [-0.15, -0.1) is 0 Å². The summed E-state index contributed by atoms with van der Waals surface area (Å²) in [6.45, 7) is 7.76. The molecule has 27 heavy (non-hydrogen) atoms. The molecule has 0 radical (unpaired) electrons. The van der Waals surface area contributed by atoms with E-state index < -0.39 is 0 Å². The lowest BCUT2D eigenvalue weighted by molar-refractivity contribution is -0.118. The van der Waals surface area contributed by atoms with E-state index in [9.17, 15) is 9.59 Å². The monoisotopic (exact) mass is 391 g/mol. The lowest BCUT2D eigenvalue weighted by Crippen LogP contribution is -2.59. The van der Waals surface area contributed by atoms with Gasteiger partial charge < -0.3 is 15.4 Å². The average molecular weight is 392 g/mol. The predicted octanol–water partition coefficient (Wildman–Crippen LogP) is 2.22. The van der Waals surface area contributed by atoms with Crippen molar-refractivity contribution in [3.63, 3.8) is 0 Å². The molecular weight excluding hydrogens is 362 g/mol. The van der Waals surface area contributed by atoms with Crippen LogP contribution in [0.1, 0.15) is 30.6 Å². The van der Waals surface area contributed by atoms with Gasteiger partial charge in [-0.3, -0.25) is 14.5 Å². The van der Waals surface area contributed by atoms with E-state index in [0.717, 1.165) is 44.2 Å². The van der Waals surface area contributed by atoms with Crippen LogP contribution in [0.3, 0.4) is 0 Å². The van der Waals surface area contributed by atoms with Crippen molar-refractivity contribution in [1.29, 1.82) is 0 Å². The van der Waals surface area contributed by atoms with Crippen molar-refractivity contribution in [2.45, 2.75) is 25.8 Å². The number of carbonyl (C=O) groups is 2. The van der Waals surface area contributed by atoms with E-state index in [2.05, 4.69) is 15.5 Å². The molecule has 148 valence electrons. The Morgan fingerprint density at radius 1 is 1.22 bits per heavy atom. The lowest BCUT2D eigenvalue weighted by atomic mass is 9.95. The number of thioether (sulfide) groups is 1. The van der Waals surface area contributed by atoms with Crippen LogP contribution in [0.2, 0.25) is 0 Å². The zero-order chi connectivity index (χ0) is 19.3. The molecule has 2 aliphatic heterocycles. The number of amides is 2. The number of anilines is 1. The second-order valence-corrected chi connectivity index (χ2v) is 8.64. The summed E-state index contributed by atoms with van der Waals surface area (Å²) in [5.74, 6) is 2.01. The van der Waals surface area contributed by atoms with Crippen LogP contribution in [0.5, 0.6) is 0 Å². The first-order valence-corrected chi connectivity index (χ1v) is 10.8. The van der Waals surface area contributed by atoms with Gasteiger partial charge in [-0.25, -0.2) is 0 Å². The molecule has 7 heteroatoms. The van der Waals surface area contributed by atoms with Crippen LogP contribution in [-0.4, -0.2) is 66.6 Å². The second-order valence-electron chi connectivity index (χ2n) is 7.53. The summed E-state index contributed by atoms with van der Waals surface area (Å²) in [6.07, 6.45) is 1.10. The van der Waals surface area contributed by atoms with Crippen molar-refractivity contribution in [3.05, 3.63) is 29.8 Å². The highest BCUT2D eigenvalue weighted by molar-refractivity contribution is 7.99. The van der Waals surface area contributed by atoms with Crippen molar-refractivity contribution in [2.24, 2.45) is 5.92 Å². The van der Waals surface area contributed by atoms with E-state index in [1.165, 1.54) is 0 Å². The molecule has 1 atom stereocenters. The molecular formula is C20H29N3O3S. The highest BCUT2D eigenvalue weighted by atomic mass is 32.2. The van der Waals surface area contributed by atoms with Gasteiger partial charge in [0.25, 0.3) is 5.91 Å². The maximum absolute atomic E-state index is 12.6. The van der Waals surface area contributed by atoms with Crippen LogP contribution in [0.4, 0.5) is 5.69 Å². The van der Waals surface area contributed by atoms with Crippen LogP contribution < -0.4 is 10.6 Å². The molecule has 2 fully saturated rings. The normalized spacial score (nSPS) is 23.4. The molecule has 1 aromatic rings. The first kappa shape index (κ1) is 20.2. The number of rotatable bonds is 6. The third kappa shape index (κ3) is 5.03. The highest BCUT2D eigenvalue weighted by Crippen LogP contribution is 2.33. The van der Waals surface area contributed by atoms with E-state index in [4.69, 9.17) is 4.74 Å². The fraction of sp³-hybridized carbons (Fsp3) is 0.600. The molecule has 3 rings (SSSR count). The first-order chi connectivity index (χ1) is 13.0. The Morgan fingerprint density at radius 3 is 2.52 bits per heavy atom. The number of nitrogens with one attached hydrogen (secondary N) is 2. The maximum atomic E-state index is 12.6. The minimum absolute atomic E-state index is 0.0293. The SMILES string of the molecule is CC(C)C(=O)Nc1ccc(C(=O)NCC2(N3CCOCC3)CCSC2)cc1. The smallest absolute Gasteiger partial charge is 0.251 e. The summed E-state index contributed by atoms with van der Waals surface area (Å²) in [5.41, 5.74) is 1.36. The summed E-state index contributed by atoms with van der Waals surface area (Å²) in [4.78, 5) is 26.9. The molecule has 0 aromatic heterocycles. The van der Waals surface area contributed by atoms with Crippen molar-refractivity contribution in [3.8, 4) is 0 Å². The molecule has 0 aliphatic carbocycles. The van der Waals surface area contributed by atoms with Crippen molar-refractivity contribution in [2.75, 3.05) is 49.7 Å². The van der Waals surface area contributed by atoms with Crippen molar-refractivity contribution >= 4 is 29.3 Å². The zero-order valence-electron chi connectivity index (χ0n) is 16.1. The standard InChI is InChI=1S/C20H29N3O3S/c1-15(2)18(24)22-17-5-3-16(4-6-17)19(25)21-13-20(7-12-27-14-20)23-8-10-26-11-9-23/h3-6,15H,7-14H2,1-2H3,(H,21,25)(H,22,24). The number of carbonyl (C=O) groups excluding carboxylic acids is 2. The molecule has 0 saturated carbocycles. The Morgan fingerprint density at radius 2 is 1.93 bits per heavy atom. The highest BCUT2D eigenvalue weighted by Gasteiger charge is 2.40. The van der Waals surface area contributed by atoms with Crippen molar-refractivity contribution < 1.29 is 14.3 Å². The minimum atomic E-state index is -0.0753. The van der Waals surface area contributed by atoms with Gasteiger partial charge in [0.05, 0.1) is 13.2 Å². The van der Waals surface area contributed by atoms with Gasteiger partial charge >= 0.3 is 0 Å². The molecule has 0 bridgehead atoms. The van der Waals surface area contributed by atoms with Gasteiger partial charge in [-0.2, -0.15) is 11.8 Å². The third-order valence-electron chi connectivity index (χ3n) is 5.28. The molecule has 6 nitrogen and oxygen atoms in total. The number of ether oxygens (including phenoxy) is 1. The number of benzene rings is 1. The fourth-order valence-electron chi connectivity index (χ4n) is 3.47. The number of morpholine rings is 1. The van der Waals surface area contributed by atoms with Crippen LogP contribution in [0, 0.1) is 5.92 Å². The van der Waals surface area contributed by atoms with Gasteiger partial charge in [0.15, 0.2) is 0 Å². The van der Waals surface area contributed by atoms with E-state index >= 15 is 0 Å². The molecule has 0 spiro atoms. The van der Waals surface area contributed by atoms with Gasteiger partial charge in [0, 0.05) is 48.1 Å². The minimum Gasteiger partial charge on any atom is -0.379 e. The number of nitrogens with zero attached hydrogens (tertiary/aromatic N) is 1. The summed E-state index contributed by atoms with van der Waals surface area (Å²) >= 11 is 1.96. The summed E-state index contributed by atoms with van der Waals surface area (Å²) < 4.78 is 5.49. The molecule has 2 N–H and O–H groups in total. The summed E-state index contributed by atoms with van der Waals surface area (Å²) in [7, 11) is 0. The summed E-state index contributed by atoms with van der Waals surface area (Å²) in [6, 6.07) is 7.07. The van der Waals surface area contributed by atoms with Crippen LogP contribution in [0.25, 0.3) is 0 Å². The van der Waals surface area contributed by atoms with E-state index in [0.29, 0.717) is 17.8 Å². The maximum Gasteiger partial charge on any atom is 0.251 e. The summed E-state index contributed by atoms with van der Waals surface area (Å²) in [5, 5.41) is 5.98. The van der Waals surface area contributed by atoms with Crippen LogP contribution >= 0.6 is 11.8 Å². The molecule has 2 aliphatic rings. The van der Waals surface area contributed by atoms with E-state index in [-0.39, 0.29) is 23.3 Å². The zero-order valence-corrected chi connectivity index (χ0v) is 16.9. The average Bonchev–Trinajstić information content (AvgIpc) is 3.17. The molecule has 2 amide bonds. The Hall–Kier alpha value is -1.57. The number of hydrogen-bond acceptors (Lipinski definition) is 5. The van der Waals surface area contributed by atoms with Gasteiger partial charge in [0.2, 0.25) is 5.91 Å². The fourth-order valence-corrected chi connectivity index (χ4v) is 4.95.